The van der Waals surface area contributed by atoms with Crippen molar-refractivity contribution < 1.29 is 14.6 Å². The van der Waals surface area contributed by atoms with E-state index in [2.05, 4.69) is 46.2 Å². The Morgan fingerprint density at radius 2 is 1.61 bits per heavy atom. The molecule has 2 aromatic carbocycles. The summed E-state index contributed by atoms with van der Waals surface area (Å²) in [6.07, 6.45) is 0. The molecule has 2 aromatic rings. The molecular weight excluding hydrogens is 399 g/mol. The molecule has 1 fully saturated rings. The largest absolute Gasteiger partial charge is 0.480 e. The first kappa shape index (κ1) is 22.7. The summed E-state index contributed by atoms with van der Waals surface area (Å²) in [5.41, 5.74) is 2.52. The van der Waals surface area contributed by atoms with Gasteiger partial charge in [-0.2, -0.15) is 0 Å². The number of hydrogen-bond acceptors (Lipinski definition) is 4. The molecule has 0 amide bonds. The molecule has 0 spiro atoms. The van der Waals surface area contributed by atoms with Gasteiger partial charge >= 0.3 is 5.97 Å². The van der Waals surface area contributed by atoms with Crippen molar-refractivity contribution in [2.45, 2.75) is 6.04 Å². The van der Waals surface area contributed by atoms with Crippen molar-refractivity contribution in [2.24, 2.45) is 0 Å². The lowest BCUT2D eigenvalue weighted by Gasteiger charge is -2.39. The minimum atomic E-state index is -0.923. The van der Waals surface area contributed by atoms with Gasteiger partial charge in [-0.25, -0.2) is 4.79 Å². The second-order valence-electron chi connectivity index (χ2n) is 6.69. The summed E-state index contributed by atoms with van der Waals surface area (Å²) in [6, 6.07) is 18.8. The highest BCUT2D eigenvalue weighted by Gasteiger charge is 2.26. The number of rotatable bonds is 8. The minimum absolute atomic E-state index is 0. The Kier molecular flexibility index (Phi) is 9.22. The van der Waals surface area contributed by atoms with E-state index in [1.54, 1.807) is 0 Å². The number of carbonyl (C=O) groups is 1. The Bertz CT molecular complexity index is 720. The summed E-state index contributed by atoms with van der Waals surface area (Å²) < 4.78 is 5.15. The van der Waals surface area contributed by atoms with Gasteiger partial charge in [0.25, 0.3) is 0 Å². The fraction of sp³-hybridized carbons (Fsp3) is 0.381. The van der Waals surface area contributed by atoms with Crippen LogP contribution in [0.1, 0.15) is 17.2 Å². The van der Waals surface area contributed by atoms with E-state index in [9.17, 15) is 4.79 Å². The molecule has 3 rings (SSSR count). The third-order valence-electron chi connectivity index (χ3n) is 4.85. The topological polar surface area (TPSA) is 53.0 Å². The van der Waals surface area contributed by atoms with Gasteiger partial charge < -0.3 is 9.84 Å². The number of nitrogens with zero attached hydrogens (tertiary/aromatic N) is 2. The number of hydrogen-bond donors (Lipinski definition) is 1. The molecule has 5 nitrogen and oxygen atoms in total. The van der Waals surface area contributed by atoms with Crippen LogP contribution in [0.15, 0.2) is 54.6 Å². The predicted octanol–water partition coefficient (Wildman–Crippen LogP) is 3.57. The van der Waals surface area contributed by atoms with E-state index in [0.717, 1.165) is 37.7 Å². The Balaban J connectivity index is 0.00000280. The molecule has 1 N–H and O–H groups in total. The van der Waals surface area contributed by atoms with E-state index in [1.807, 2.05) is 18.2 Å². The van der Waals surface area contributed by atoms with Crippen LogP contribution in [0.25, 0.3) is 0 Å². The van der Waals surface area contributed by atoms with Gasteiger partial charge in [-0.15, -0.1) is 12.4 Å². The van der Waals surface area contributed by atoms with Gasteiger partial charge in [0.1, 0.15) is 6.61 Å². The highest BCUT2D eigenvalue weighted by atomic mass is 35.5. The van der Waals surface area contributed by atoms with Crippen LogP contribution in [0.2, 0.25) is 5.02 Å². The number of halogens is 2. The number of carboxylic acid groups (broad SMARTS) is 1. The summed E-state index contributed by atoms with van der Waals surface area (Å²) >= 11 is 6.08. The summed E-state index contributed by atoms with van der Waals surface area (Å²) in [7, 11) is 0. The van der Waals surface area contributed by atoms with Crippen LogP contribution >= 0.6 is 24.0 Å². The zero-order valence-electron chi connectivity index (χ0n) is 15.7. The molecule has 1 atom stereocenters. The Hall–Kier alpha value is -1.63. The van der Waals surface area contributed by atoms with Crippen molar-refractivity contribution in [2.75, 3.05) is 45.9 Å². The molecule has 152 valence electrons. The van der Waals surface area contributed by atoms with Crippen molar-refractivity contribution in [3.8, 4) is 0 Å². The molecule has 7 heteroatoms. The van der Waals surface area contributed by atoms with E-state index in [0.29, 0.717) is 6.61 Å². The van der Waals surface area contributed by atoms with Crippen LogP contribution in [-0.4, -0.2) is 66.8 Å². The molecule has 28 heavy (non-hydrogen) atoms. The van der Waals surface area contributed by atoms with Gasteiger partial charge in [-0.05, 0) is 23.3 Å². The maximum Gasteiger partial charge on any atom is 0.329 e. The van der Waals surface area contributed by atoms with Gasteiger partial charge in [0, 0.05) is 37.7 Å². The average Bonchev–Trinajstić information content (AvgIpc) is 2.69. The maximum atomic E-state index is 10.5. The Morgan fingerprint density at radius 1 is 1.00 bits per heavy atom. The first-order chi connectivity index (χ1) is 13.1. The molecule has 0 radical (unpaired) electrons. The molecule has 0 bridgehead atoms. The van der Waals surface area contributed by atoms with Crippen molar-refractivity contribution >= 4 is 30.0 Å². The number of benzene rings is 2. The van der Waals surface area contributed by atoms with Crippen molar-refractivity contribution in [3.05, 3.63) is 70.7 Å². The monoisotopic (exact) mass is 424 g/mol. The predicted molar refractivity (Wildman–Crippen MR) is 113 cm³/mol. The molecular formula is C21H26Cl2N2O3. The van der Waals surface area contributed by atoms with Crippen LogP contribution in [-0.2, 0) is 9.53 Å². The second-order valence-corrected chi connectivity index (χ2v) is 7.13. The number of ether oxygens (including phenoxy) is 1. The van der Waals surface area contributed by atoms with Crippen LogP contribution < -0.4 is 0 Å². The normalized spacial score (nSPS) is 16.3. The van der Waals surface area contributed by atoms with Gasteiger partial charge in [-0.3, -0.25) is 9.80 Å². The first-order valence-electron chi connectivity index (χ1n) is 9.20. The van der Waals surface area contributed by atoms with Crippen LogP contribution in [0.5, 0.6) is 0 Å². The van der Waals surface area contributed by atoms with Crippen LogP contribution in [0, 0.1) is 0 Å². The third-order valence-corrected chi connectivity index (χ3v) is 5.10. The molecule has 1 heterocycles. The standard InChI is InChI=1S/C21H25ClN2O3.ClH/c22-19-8-6-18(7-9-19)21(17-4-2-1-3-5-17)24-12-10-23(11-13-24)14-15-27-16-20(25)26;/h1-9,21H,10-16H2,(H,25,26);1H/t21-;/m0./s1. The molecule has 0 aromatic heterocycles. The number of aliphatic carboxylic acids is 1. The highest BCUT2D eigenvalue weighted by molar-refractivity contribution is 6.30. The Morgan fingerprint density at radius 3 is 2.21 bits per heavy atom. The Labute approximate surface area is 177 Å². The second kappa shape index (κ2) is 11.4. The van der Waals surface area contributed by atoms with Crippen molar-refractivity contribution in [3.63, 3.8) is 0 Å². The fourth-order valence-electron chi connectivity index (χ4n) is 3.49. The van der Waals surface area contributed by atoms with Crippen molar-refractivity contribution in [1.82, 2.24) is 9.80 Å². The maximum absolute atomic E-state index is 10.5. The van der Waals surface area contributed by atoms with E-state index in [4.69, 9.17) is 21.4 Å². The molecule has 0 aliphatic carbocycles. The lowest BCUT2D eigenvalue weighted by molar-refractivity contribution is -0.142. The van der Waals surface area contributed by atoms with Crippen LogP contribution in [0.3, 0.4) is 0 Å². The van der Waals surface area contributed by atoms with Crippen molar-refractivity contribution in [1.29, 1.82) is 0 Å². The van der Waals surface area contributed by atoms with E-state index in [1.165, 1.54) is 11.1 Å². The van der Waals surface area contributed by atoms with E-state index in [-0.39, 0.29) is 25.1 Å². The van der Waals surface area contributed by atoms with Gasteiger partial charge in [-0.1, -0.05) is 54.1 Å². The summed E-state index contributed by atoms with van der Waals surface area (Å²) in [6.45, 7) is 4.75. The number of carboxylic acids is 1. The zero-order valence-corrected chi connectivity index (χ0v) is 17.2. The van der Waals surface area contributed by atoms with Gasteiger partial charge in [0.05, 0.1) is 12.6 Å². The molecule has 1 aliphatic heterocycles. The summed E-state index contributed by atoms with van der Waals surface area (Å²) in [5, 5.41) is 9.37. The van der Waals surface area contributed by atoms with E-state index < -0.39 is 5.97 Å². The first-order valence-corrected chi connectivity index (χ1v) is 9.57. The lowest BCUT2D eigenvalue weighted by Crippen LogP contribution is -2.48. The van der Waals surface area contributed by atoms with E-state index >= 15 is 0 Å². The smallest absolute Gasteiger partial charge is 0.329 e. The lowest BCUT2D eigenvalue weighted by atomic mass is 9.96. The SMILES string of the molecule is Cl.O=C(O)COCCN1CCN([C@@H](c2ccccc2)c2ccc(Cl)cc2)CC1. The fourth-order valence-corrected chi connectivity index (χ4v) is 3.62. The average molecular weight is 425 g/mol. The van der Waals surface area contributed by atoms with Gasteiger partial charge in [0.2, 0.25) is 0 Å². The highest BCUT2D eigenvalue weighted by Crippen LogP contribution is 2.30. The minimum Gasteiger partial charge on any atom is -0.480 e. The third kappa shape index (κ3) is 6.47. The molecule has 1 saturated heterocycles. The molecule has 1 aliphatic rings. The van der Waals surface area contributed by atoms with Gasteiger partial charge in [0.15, 0.2) is 0 Å². The quantitative estimate of drug-likeness (QED) is 0.656. The number of piperazine rings is 1. The zero-order chi connectivity index (χ0) is 19.1. The summed E-state index contributed by atoms with van der Waals surface area (Å²) in [5.74, 6) is -0.923. The molecule has 0 unspecified atom stereocenters. The molecule has 0 saturated carbocycles. The summed E-state index contributed by atoms with van der Waals surface area (Å²) in [4.78, 5) is 15.3. The van der Waals surface area contributed by atoms with Crippen LogP contribution in [0.4, 0.5) is 0 Å².